The number of benzene rings is 1. The summed E-state index contributed by atoms with van der Waals surface area (Å²) in [6, 6.07) is 3.70. The largest absolute Gasteiger partial charge is 0.372 e. The molecule has 4 nitrogen and oxygen atoms in total. The van der Waals surface area contributed by atoms with Crippen molar-refractivity contribution in [2.45, 2.75) is 19.4 Å². The molecule has 0 saturated carbocycles. The van der Waals surface area contributed by atoms with Gasteiger partial charge in [0.1, 0.15) is 23.9 Å². The molecule has 1 amide bonds. The second-order valence-electron chi connectivity index (χ2n) is 4.71. The number of hydrogen-bond acceptors (Lipinski definition) is 3. The molecule has 1 atom stereocenters. The molecule has 2 rings (SSSR count). The topological polar surface area (TPSA) is 41.6 Å². The number of hydrogen-bond donors (Lipinski definition) is 1. The van der Waals surface area contributed by atoms with Crippen molar-refractivity contribution in [3.8, 4) is 0 Å². The number of nitrogens with one attached hydrogen (secondary N) is 1. The van der Waals surface area contributed by atoms with E-state index in [1.165, 1.54) is 18.2 Å². The molecule has 1 heterocycles. The Morgan fingerprint density at radius 3 is 2.80 bits per heavy atom. The maximum absolute atomic E-state index is 13.7. The SMILES string of the molecule is CCOCC(=O)N[C@H]1CCN(c2c(F)cccc2F)C1. The Hall–Kier alpha value is -1.69. The van der Waals surface area contributed by atoms with Crippen molar-refractivity contribution in [3.63, 3.8) is 0 Å². The molecule has 1 aromatic rings. The van der Waals surface area contributed by atoms with Crippen molar-refractivity contribution in [1.29, 1.82) is 0 Å². The second-order valence-corrected chi connectivity index (χ2v) is 4.71. The van der Waals surface area contributed by atoms with Crippen LogP contribution in [0, 0.1) is 11.6 Å². The van der Waals surface area contributed by atoms with Crippen LogP contribution in [0.4, 0.5) is 14.5 Å². The first-order valence-corrected chi connectivity index (χ1v) is 6.68. The number of amides is 1. The quantitative estimate of drug-likeness (QED) is 0.894. The third-order valence-corrected chi connectivity index (χ3v) is 3.24. The van der Waals surface area contributed by atoms with Gasteiger partial charge in [0.2, 0.25) is 5.91 Å². The van der Waals surface area contributed by atoms with Gasteiger partial charge < -0.3 is 15.0 Å². The summed E-state index contributed by atoms with van der Waals surface area (Å²) in [5, 5.41) is 2.80. The Kier molecular flexibility index (Phi) is 4.89. The number of anilines is 1. The lowest BCUT2D eigenvalue weighted by Gasteiger charge is -2.20. The first-order valence-electron chi connectivity index (χ1n) is 6.68. The van der Waals surface area contributed by atoms with E-state index in [-0.39, 0.29) is 24.2 Å². The number of carbonyl (C=O) groups excluding carboxylic acids is 1. The Morgan fingerprint density at radius 1 is 1.45 bits per heavy atom. The van der Waals surface area contributed by atoms with Crippen LogP contribution >= 0.6 is 0 Å². The van der Waals surface area contributed by atoms with Crippen LogP contribution in [-0.4, -0.2) is 38.3 Å². The molecule has 1 N–H and O–H groups in total. The highest BCUT2D eigenvalue weighted by Gasteiger charge is 2.27. The minimum atomic E-state index is -0.578. The lowest BCUT2D eigenvalue weighted by molar-refractivity contribution is -0.126. The van der Waals surface area contributed by atoms with Gasteiger partial charge in [-0.3, -0.25) is 4.79 Å². The van der Waals surface area contributed by atoms with Crippen molar-refractivity contribution in [3.05, 3.63) is 29.8 Å². The molecule has 0 radical (unpaired) electrons. The van der Waals surface area contributed by atoms with E-state index >= 15 is 0 Å². The number of ether oxygens (including phenoxy) is 1. The van der Waals surface area contributed by atoms with Crippen molar-refractivity contribution in [2.75, 3.05) is 31.2 Å². The average molecular weight is 284 g/mol. The van der Waals surface area contributed by atoms with Gasteiger partial charge in [-0.2, -0.15) is 0 Å². The smallest absolute Gasteiger partial charge is 0.246 e. The van der Waals surface area contributed by atoms with E-state index in [0.29, 0.717) is 26.1 Å². The van der Waals surface area contributed by atoms with E-state index in [1.54, 1.807) is 4.90 Å². The first kappa shape index (κ1) is 14.7. The van der Waals surface area contributed by atoms with E-state index in [1.807, 2.05) is 6.92 Å². The summed E-state index contributed by atoms with van der Waals surface area (Å²) in [7, 11) is 0. The van der Waals surface area contributed by atoms with E-state index in [0.717, 1.165) is 0 Å². The van der Waals surface area contributed by atoms with Crippen molar-refractivity contribution >= 4 is 11.6 Å². The first-order chi connectivity index (χ1) is 9.61. The monoisotopic (exact) mass is 284 g/mol. The molecular formula is C14H18F2N2O2. The van der Waals surface area contributed by atoms with E-state index in [9.17, 15) is 13.6 Å². The van der Waals surface area contributed by atoms with Crippen molar-refractivity contribution in [2.24, 2.45) is 0 Å². The molecule has 0 unspecified atom stereocenters. The lowest BCUT2D eigenvalue weighted by atomic mass is 10.2. The lowest BCUT2D eigenvalue weighted by Crippen LogP contribution is -2.39. The Bertz CT molecular complexity index is 462. The third-order valence-electron chi connectivity index (χ3n) is 3.24. The van der Waals surface area contributed by atoms with Crippen LogP contribution in [0.3, 0.4) is 0 Å². The summed E-state index contributed by atoms with van der Waals surface area (Å²) in [6.45, 7) is 3.21. The fourth-order valence-corrected chi connectivity index (χ4v) is 2.34. The van der Waals surface area contributed by atoms with Gasteiger partial charge in [0.15, 0.2) is 0 Å². The van der Waals surface area contributed by atoms with Crippen LogP contribution in [-0.2, 0) is 9.53 Å². The predicted molar refractivity (Wildman–Crippen MR) is 71.6 cm³/mol. The standard InChI is InChI=1S/C14H18F2N2O2/c1-2-20-9-13(19)17-10-6-7-18(8-10)14-11(15)4-3-5-12(14)16/h3-5,10H,2,6-9H2,1H3,(H,17,19)/t10-/m0/s1. The second kappa shape index (κ2) is 6.65. The van der Waals surface area contributed by atoms with Crippen LogP contribution in [0.5, 0.6) is 0 Å². The molecule has 0 bridgehead atoms. The van der Waals surface area contributed by atoms with Gasteiger partial charge in [0.25, 0.3) is 0 Å². The predicted octanol–water partition coefficient (Wildman–Crippen LogP) is 1.70. The van der Waals surface area contributed by atoms with Crippen LogP contribution in [0.1, 0.15) is 13.3 Å². The maximum atomic E-state index is 13.7. The fourth-order valence-electron chi connectivity index (χ4n) is 2.34. The third kappa shape index (κ3) is 3.45. The van der Waals surface area contributed by atoms with Crippen molar-refractivity contribution < 1.29 is 18.3 Å². The molecule has 0 spiro atoms. The maximum Gasteiger partial charge on any atom is 0.246 e. The fraction of sp³-hybridized carbons (Fsp3) is 0.500. The highest BCUT2D eigenvalue weighted by atomic mass is 19.1. The molecule has 1 aromatic carbocycles. The zero-order valence-electron chi connectivity index (χ0n) is 11.4. The summed E-state index contributed by atoms with van der Waals surface area (Å²) in [6.07, 6.45) is 0.658. The summed E-state index contributed by atoms with van der Waals surface area (Å²) < 4.78 is 32.3. The molecule has 0 aromatic heterocycles. The molecule has 1 fully saturated rings. The Morgan fingerprint density at radius 2 is 2.15 bits per heavy atom. The molecule has 6 heteroatoms. The summed E-state index contributed by atoms with van der Waals surface area (Å²) >= 11 is 0. The zero-order chi connectivity index (χ0) is 14.5. The summed E-state index contributed by atoms with van der Waals surface area (Å²) in [4.78, 5) is 13.2. The number of carbonyl (C=O) groups is 1. The van der Waals surface area contributed by atoms with Crippen LogP contribution in [0.25, 0.3) is 0 Å². The highest BCUT2D eigenvalue weighted by molar-refractivity contribution is 5.77. The minimum Gasteiger partial charge on any atom is -0.372 e. The van der Waals surface area contributed by atoms with Crippen LogP contribution in [0.15, 0.2) is 18.2 Å². The van der Waals surface area contributed by atoms with E-state index in [2.05, 4.69) is 5.32 Å². The van der Waals surface area contributed by atoms with Crippen LogP contribution in [0.2, 0.25) is 0 Å². The number of rotatable bonds is 5. The molecule has 1 aliphatic heterocycles. The molecular weight excluding hydrogens is 266 g/mol. The van der Waals surface area contributed by atoms with Gasteiger partial charge in [-0.1, -0.05) is 6.07 Å². The number of para-hydroxylation sites is 1. The molecule has 20 heavy (non-hydrogen) atoms. The van der Waals surface area contributed by atoms with E-state index < -0.39 is 11.6 Å². The zero-order valence-corrected chi connectivity index (χ0v) is 11.4. The van der Waals surface area contributed by atoms with Gasteiger partial charge in [0.05, 0.1) is 0 Å². The Labute approximate surface area is 116 Å². The molecule has 110 valence electrons. The van der Waals surface area contributed by atoms with Gasteiger partial charge >= 0.3 is 0 Å². The Balaban J connectivity index is 1.94. The number of nitrogens with zero attached hydrogens (tertiary/aromatic N) is 1. The van der Waals surface area contributed by atoms with Crippen LogP contribution < -0.4 is 10.2 Å². The molecule has 1 saturated heterocycles. The van der Waals surface area contributed by atoms with Crippen molar-refractivity contribution in [1.82, 2.24) is 5.32 Å². The summed E-state index contributed by atoms with van der Waals surface area (Å²) in [5.74, 6) is -1.36. The highest BCUT2D eigenvalue weighted by Crippen LogP contribution is 2.26. The van der Waals surface area contributed by atoms with E-state index in [4.69, 9.17) is 4.74 Å². The normalized spacial score (nSPS) is 18.4. The molecule has 1 aliphatic rings. The average Bonchev–Trinajstić information content (AvgIpc) is 2.84. The summed E-state index contributed by atoms with van der Waals surface area (Å²) in [5.41, 5.74) is -0.0194. The van der Waals surface area contributed by atoms with Gasteiger partial charge in [-0.15, -0.1) is 0 Å². The number of halogens is 2. The minimum absolute atomic E-state index is 0.0149. The van der Waals surface area contributed by atoms with Gasteiger partial charge in [-0.25, -0.2) is 8.78 Å². The van der Waals surface area contributed by atoms with Gasteiger partial charge in [0, 0.05) is 25.7 Å². The molecule has 0 aliphatic carbocycles. The van der Waals surface area contributed by atoms with Gasteiger partial charge in [-0.05, 0) is 25.5 Å².